The number of nitrogens with zero attached hydrogens (tertiary/aromatic N) is 2. The van der Waals surface area contributed by atoms with Crippen molar-refractivity contribution in [2.24, 2.45) is 0 Å². The van der Waals surface area contributed by atoms with Crippen LogP contribution in [0.1, 0.15) is 18.5 Å². The fraction of sp³-hybridized carbons (Fsp3) is 0.500. The Labute approximate surface area is 83.5 Å². The quantitative estimate of drug-likeness (QED) is 0.691. The van der Waals surface area contributed by atoms with Gasteiger partial charge in [0.15, 0.2) is 0 Å². The molecule has 0 atom stereocenters. The van der Waals surface area contributed by atoms with Crippen LogP contribution in [0.5, 0.6) is 0 Å². The summed E-state index contributed by atoms with van der Waals surface area (Å²) >= 11 is 5.72. The van der Waals surface area contributed by atoms with Crippen LogP contribution in [0, 0.1) is 0 Å². The lowest BCUT2D eigenvalue weighted by atomic mass is 10.3. The first-order valence-corrected chi connectivity index (χ1v) is 5.08. The van der Waals surface area contributed by atoms with Gasteiger partial charge in [0.25, 0.3) is 0 Å². The Hall–Kier alpha value is -0.760. The third-order valence-electron chi connectivity index (χ3n) is 2.44. The van der Waals surface area contributed by atoms with Crippen molar-refractivity contribution in [2.75, 3.05) is 11.9 Å². The molecular weight excluding hydrogens is 184 g/mol. The van der Waals surface area contributed by atoms with E-state index in [1.165, 1.54) is 18.5 Å². The minimum atomic E-state index is 0.492. The molecule has 0 saturated heterocycles. The van der Waals surface area contributed by atoms with Crippen molar-refractivity contribution in [2.45, 2.75) is 24.8 Å². The van der Waals surface area contributed by atoms with Crippen LogP contribution >= 0.6 is 11.6 Å². The SMILES string of the molecule is CN(c1ccnc(CCl)c1)C1CC1. The molecule has 1 aromatic rings. The van der Waals surface area contributed by atoms with Crippen LogP contribution < -0.4 is 4.90 Å². The van der Waals surface area contributed by atoms with E-state index >= 15 is 0 Å². The second-order valence-corrected chi connectivity index (χ2v) is 3.75. The highest BCUT2D eigenvalue weighted by Gasteiger charge is 2.26. The Kier molecular flexibility index (Phi) is 2.40. The average molecular weight is 197 g/mol. The summed E-state index contributed by atoms with van der Waals surface area (Å²) in [5.41, 5.74) is 2.18. The molecule has 3 heteroatoms. The molecular formula is C10H13ClN2. The summed E-state index contributed by atoms with van der Waals surface area (Å²) in [5.74, 6) is 0.492. The van der Waals surface area contributed by atoms with Gasteiger partial charge in [0.2, 0.25) is 0 Å². The van der Waals surface area contributed by atoms with Crippen molar-refractivity contribution in [1.82, 2.24) is 4.98 Å². The average Bonchev–Trinajstić information content (AvgIpc) is 3.00. The summed E-state index contributed by atoms with van der Waals surface area (Å²) < 4.78 is 0. The molecule has 1 aliphatic carbocycles. The zero-order valence-electron chi connectivity index (χ0n) is 7.70. The van der Waals surface area contributed by atoms with Crippen LogP contribution in [0.4, 0.5) is 5.69 Å². The number of alkyl halides is 1. The third-order valence-corrected chi connectivity index (χ3v) is 2.71. The lowest BCUT2D eigenvalue weighted by molar-refractivity contribution is 0.912. The molecule has 0 aliphatic heterocycles. The van der Waals surface area contributed by atoms with Gasteiger partial charge in [-0.25, -0.2) is 0 Å². The van der Waals surface area contributed by atoms with Crippen LogP contribution in [0.3, 0.4) is 0 Å². The number of hydrogen-bond donors (Lipinski definition) is 0. The summed E-state index contributed by atoms with van der Waals surface area (Å²) in [6.07, 6.45) is 4.45. The van der Waals surface area contributed by atoms with Gasteiger partial charge < -0.3 is 4.90 Å². The van der Waals surface area contributed by atoms with Gasteiger partial charge in [-0.1, -0.05) is 0 Å². The highest BCUT2D eigenvalue weighted by molar-refractivity contribution is 6.16. The molecule has 0 N–H and O–H groups in total. The molecule has 1 aliphatic rings. The molecule has 0 spiro atoms. The van der Waals surface area contributed by atoms with Gasteiger partial charge >= 0.3 is 0 Å². The van der Waals surface area contributed by atoms with Crippen molar-refractivity contribution in [3.8, 4) is 0 Å². The number of pyridine rings is 1. The van der Waals surface area contributed by atoms with E-state index in [2.05, 4.69) is 23.0 Å². The van der Waals surface area contributed by atoms with E-state index in [9.17, 15) is 0 Å². The topological polar surface area (TPSA) is 16.1 Å². The summed E-state index contributed by atoms with van der Waals surface area (Å²) in [6.45, 7) is 0. The highest BCUT2D eigenvalue weighted by atomic mass is 35.5. The van der Waals surface area contributed by atoms with Crippen LogP contribution in [-0.2, 0) is 5.88 Å². The molecule has 0 amide bonds. The molecule has 0 unspecified atom stereocenters. The van der Waals surface area contributed by atoms with E-state index in [0.717, 1.165) is 11.7 Å². The Morgan fingerprint density at radius 1 is 1.62 bits per heavy atom. The van der Waals surface area contributed by atoms with Gasteiger partial charge in [-0.15, -0.1) is 11.6 Å². The van der Waals surface area contributed by atoms with Crippen molar-refractivity contribution in [1.29, 1.82) is 0 Å². The zero-order chi connectivity index (χ0) is 9.26. The lowest BCUT2D eigenvalue weighted by Gasteiger charge is -2.18. The first kappa shape index (κ1) is 8.82. The number of hydrogen-bond acceptors (Lipinski definition) is 2. The molecule has 0 radical (unpaired) electrons. The molecule has 13 heavy (non-hydrogen) atoms. The lowest BCUT2D eigenvalue weighted by Crippen LogP contribution is -2.19. The minimum absolute atomic E-state index is 0.492. The number of anilines is 1. The first-order chi connectivity index (χ1) is 6.31. The monoisotopic (exact) mass is 196 g/mol. The maximum Gasteiger partial charge on any atom is 0.0648 e. The normalized spacial score (nSPS) is 15.8. The molecule has 2 rings (SSSR count). The van der Waals surface area contributed by atoms with Gasteiger partial charge in [-0.3, -0.25) is 4.98 Å². The fourth-order valence-corrected chi connectivity index (χ4v) is 1.58. The Bertz CT molecular complexity index is 297. The molecule has 0 bridgehead atoms. The first-order valence-electron chi connectivity index (χ1n) is 4.55. The van der Waals surface area contributed by atoms with Crippen LogP contribution in [-0.4, -0.2) is 18.1 Å². The van der Waals surface area contributed by atoms with Crippen molar-refractivity contribution in [3.63, 3.8) is 0 Å². The molecule has 1 fully saturated rings. The van der Waals surface area contributed by atoms with Gasteiger partial charge in [0.05, 0.1) is 11.6 Å². The van der Waals surface area contributed by atoms with Crippen LogP contribution in [0.15, 0.2) is 18.3 Å². The van der Waals surface area contributed by atoms with E-state index in [4.69, 9.17) is 11.6 Å². The number of rotatable bonds is 3. The summed E-state index contributed by atoms with van der Waals surface area (Å²) in [6, 6.07) is 4.84. The van der Waals surface area contributed by atoms with E-state index < -0.39 is 0 Å². The Balaban J connectivity index is 2.18. The number of aromatic nitrogens is 1. The highest BCUT2D eigenvalue weighted by Crippen LogP contribution is 2.30. The van der Waals surface area contributed by atoms with Gasteiger partial charge in [-0.2, -0.15) is 0 Å². The van der Waals surface area contributed by atoms with E-state index in [0.29, 0.717) is 5.88 Å². The Morgan fingerprint density at radius 2 is 2.38 bits per heavy atom. The molecule has 0 aromatic carbocycles. The maximum atomic E-state index is 5.72. The smallest absolute Gasteiger partial charge is 0.0648 e. The van der Waals surface area contributed by atoms with E-state index in [1.807, 2.05) is 12.3 Å². The van der Waals surface area contributed by atoms with Crippen molar-refractivity contribution >= 4 is 17.3 Å². The Morgan fingerprint density at radius 3 is 3.00 bits per heavy atom. The predicted octanol–water partition coefficient (Wildman–Crippen LogP) is 2.42. The largest absolute Gasteiger partial charge is 0.372 e. The standard InChI is InChI=1S/C10H13ClN2/c1-13(9-2-3-9)10-4-5-12-8(6-10)7-11/h4-6,9H,2-3,7H2,1H3. The molecule has 70 valence electrons. The second-order valence-electron chi connectivity index (χ2n) is 3.48. The molecule has 1 saturated carbocycles. The second kappa shape index (κ2) is 3.54. The summed E-state index contributed by atoms with van der Waals surface area (Å²) in [5, 5.41) is 0. The van der Waals surface area contributed by atoms with Gasteiger partial charge in [0, 0.05) is 25.0 Å². The van der Waals surface area contributed by atoms with Crippen molar-refractivity contribution in [3.05, 3.63) is 24.0 Å². The van der Waals surface area contributed by atoms with Crippen LogP contribution in [0.2, 0.25) is 0 Å². The molecule has 1 aromatic heterocycles. The zero-order valence-corrected chi connectivity index (χ0v) is 8.46. The molecule has 1 heterocycles. The maximum absolute atomic E-state index is 5.72. The fourth-order valence-electron chi connectivity index (χ4n) is 1.43. The van der Waals surface area contributed by atoms with Gasteiger partial charge in [-0.05, 0) is 25.0 Å². The van der Waals surface area contributed by atoms with E-state index in [1.54, 1.807) is 0 Å². The third kappa shape index (κ3) is 1.94. The van der Waals surface area contributed by atoms with E-state index in [-0.39, 0.29) is 0 Å². The van der Waals surface area contributed by atoms with Gasteiger partial charge in [0.1, 0.15) is 0 Å². The predicted molar refractivity (Wildman–Crippen MR) is 55.2 cm³/mol. The summed E-state index contributed by atoms with van der Waals surface area (Å²) in [4.78, 5) is 6.46. The van der Waals surface area contributed by atoms with Crippen LogP contribution in [0.25, 0.3) is 0 Å². The molecule has 2 nitrogen and oxygen atoms in total. The summed E-state index contributed by atoms with van der Waals surface area (Å²) in [7, 11) is 2.13. The van der Waals surface area contributed by atoms with Crippen molar-refractivity contribution < 1.29 is 0 Å². The minimum Gasteiger partial charge on any atom is -0.372 e. The number of halogens is 1.